The molecule has 0 spiro atoms. The lowest BCUT2D eigenvalue weighted by atomic mass is 10.2. The Balaban J connectivity index is 1.44. The van der Waals surface area contributed by atoms with Crippen LogP contribution < -0.4 is 20.9 Å². The number of benzene rings is 1. The average Bonchev–Trinajstić information content (AvgIpc) is 3.10. The van der Waals surface area contributed by atoms with Gasteiger partial charge in [-0.2, -0.15) is 0 Å². The van der Waals surface area contributed by atoms with Crippen molar-refractivity contribution in [2.24, 2.45) is 4.99 Å². The van der Waals surface area contributed by atoms with Gasteiger partial charge in [0.05, 0.1) is 11.6 Å². The van der Waals surface area contributed by atoms with Crippen molar-refractivity contribution < 1.29 is 4.79 Å². The highest BCUT2D eigenvalue weighted by Gasteiger charge is 2.16. The third kappa shape index (κ3) is 5.68. The van der Waals surface area contributed by atoms with Crippen LogP contribution in [0.25, 0.3) is 0 Å². The number of hydrogen-bond donors (Lipinski definition) is 3. The Morgan fingerprint density at radius 1 is 1.33 bits per heavy atom. The van der Waals surface area contributed by atoms with Gasteiger partial charge in [0.25, 0.3) is 0 Å². The second kappa shape index (κ2) is 9.36. The van der Waals surface area contributed by atoms with E-state index in [9.17, 15) is 4.79 Å². The fourth-order valence-corrected chi connectivity index (χ4v) is 3.68. The molecule has 1 aromatic carbocycles. The van der Waals surface area contributed by atoms with Crippen molar-refractivity contribution in [1.82, 2.24) is 20.9 Å². The molecule has 0 bridgehead atoms. The second-order valence-electron chi connectivity index (χ2n) is 6.41. The Bertz CT molecular complexity index is 786. The Kier molecular flexibility index (Phi) is 6.64. The lowest BCUT2D eigenvalue weighted by molar-refractivity contribution is -0.120. The second-order valence-corrected chi connectivity index (χ2v) is 7.72. The number of thiazole rings is 1. The van der Waals surface area contributed by atoms with E-state index >= 15 is 0 Å². The fourth-order valence-electron chi connectivity index (χ4n) is 2.89. The largest absolute Gasteiger partial charge is 0.360 e. The molecule has 1 amide bonds. The maximum atomic E-state index is 11.5. The number of aryl methyl sites for hydroxylation is 1. The number of piperazine rings is 1. The van der Waals surface area contributed by atoms with Gasteiger partial charge in [-0.1, -0.05) is 12.1 Å². The lowest BCUT2D eigenvalue weighted by Gasteiger charge is -2.28. The van der Waals surface area contributed by atoms with Crippen LogP contribution in [-0.2, 0) is 17.8 Å². The van der Waals surface area contributed by atoms with Crippen LogP contribution in [0.2, 0.25) is 0 Å². The number of amides is 1. The van der Waals surface area contributed by atoms with Gasteiger partial charge in [0.15, 0.2) is 5.96 Å². The smallest absolute Gasteiger partial charge is 0.239 e. The quantitative estimate of drug-likeness (QED) is 0.515. The normalized spacial score (nSPS) is 14.8. The molecule has 0 atom stereocenters. The summed E-state index contributed by atoms with van der Waals surface area (Å²) < 4.78 is 0. The van der Waals surface area contributed by atoms with Crippen LogP contribution in [-0.4, -0.2) is 50.1 Å². The molecule has 0 aliphatic carbocycles. The minimum atomic E-state index is 0.0785. The molecule has 2 aromatic rings. The van der Waals surface area contributed by atoms with E-state index in [2.05, 4.69) is 62.0 Å². The molecule has 0 unspecified atom stereocenters. The molecular formula is C19H26N6OS. The van der Waals surface area contributed by atoms with E-state index in [0.717, 1.165) is 36.2 Å². The molecule has 1 fully saturated rings. The standard InChI is InChI=1S/C19H26N6OS/c1-14-11-23-18(27-14)7-8-22-19(20-2)24-12-15-3-5-16(6-4-15)25-10-9-21-17(26)13-25/h3-6,11H,7-10,12-13H2,1-2H3,(H,21,26)(H2,20,22,24). The van der Waals surface area contributed by atoms with Crippen LogP contribution >= 0.6 is 11.3 Å². The van der Waals surface area contributed by atoms with E-state index < -0.39 is 0 Å². The molecule has 3 rings (SSSR count). The highest BCUT2D eigenvalue weighted by atomic mass is 32.1. The number of guanidine groups is 1. The zero-order chi connectivity index (χ0) is 19.1. The van der Waals surface area contributed by atoms with Crippen molar-refractivity contribution in [1.29, 1.82) is 0 Å². The van der Waals surface area contributed by atoms with Crippen molar-refractivity contribution in [3.63, 3.8) is 0 Å². The Hall–Kier alpha value is -2.61. The molecule has 2 heterocycles. The zero-order valence-corrected chi connectivity index (χ0v) is 16.6. The summed E-state index contributed by atoms with van der Waals surface area (Å²) in [6.45, 7) is 5.52. The Labute approximate surface area is 163 Å². The van der Waals surface area contributed by atoms with Crippen LogP contribution in [0.4, 0.5) is 5.69 Å². The number of carbonyl (C=O) groups is 1. The van der Waals surface area contributed by atoms with Crippen molar-refractivity contribution in [3.05, 3.63) is 45.9 Å². The number of carbonyl (C=O) groups excluding carboxylic acids is 1. The summed E-state index contributed by atoms with van der Waals surface area (Å²) in [6.07, 6.45) is 2.80. The van der Waals surface area contributed by atoms with Crippen LogP contribution in [0.15, 0.2) is 35.5 Å². The zero-order valence-electron chi connectivity index (χ0n) is 15.8. The van der Waals surface area contributed by atoms with Gasteiger partial charge in [-0.15, -0.1) is 11.3 Å². The molecule has 1 aliphatic heterocycles. The van der Waals surface area contributed by atoms with Gasteiger partial charge < -0.3 is 20.9 Å². The van der Waals surface area contributed by atoms with E-state index in [1.165, 1.54) is 10.4 Å². The van der Waals surface area contributed by atoms with Crippen LogP contribution in [0.5, 0.6) is 0 Å². The molecule has 1 aromatic heterocycles. The summed E-state index contributed by atoms with van der Waals surface area (Å²) in [5, 5.41) is 10.6. The highest BCUT2D eigenvalue weighted by molar-refractivity contribution is 7.11. The summed E-state index contributed by atoms with van der Waals surface area (Å²) in [5.41, 5.74) is 2.24. The van der Waals surface area contributed by atoms with Crippen molar-refractivity contribution in [2.45, 2.75) is 19.9 Å². The Morgan fingerprint density at radius 2 is 2.15 bits per heavy atom. The molecule has 3 N–H and O–H groups in total. The van der Waals surface area contributed by atoms with Gasteiger partial charge >= 0.3 is 0 Å². The van der Waals surface area contributed by atoms with Gasteiger partial charge in [0.2, 0.25) is 5.91 Å². The number of aliphatic imine (C=N–C) groups is 1. The number of aromatic nitrogens is 1. The van der Waals surface area contributed by atoms with Crippen molar-refractivity contribution >= 4 is 28.9 Å². The topological polar surface area (TPSA) is 81.7 Å². The maximum absolute atomic E-state index is 11.5. The average molecular weight is 387 g/mol. The van der Waals surface area contributed by atoms with Crippen molar-refractivity contribution in [3.8, 4) is 0 Å². The minimum Gasteiger partial charge on any atom is -0.360 e. The molecule has 27 heavy (non-hydrogen) atoms. The third-order valence-electron chi connectivity index (χ3n) is 4.32. The predicted molar refractivity (Wildman–Crippen MR) is 110 cm³/mol. The summed E-state index contributed by atoms with van der Waals surface area (Å²) in [4.78, 5) is 23.5. The first kappa shape index (κ1) is 19.2. The highest BCUT2D eigenvalue weighted by Crippen LogP contribution is 2.16. The third-order valence-corrected chi connectivity index (χ3v) is 5.30. The van der Waals surface area contributed by atoms with E-state index in [4.69, 9.17) is 0 Å². The molecule has 1 aliphatic rings. The monoisotopic (exact) mass is 386 g/mol. The number of nitrogens with one attached hydrogen (secondary N) is 3. The predicted octanol–water partition coefficient (Wildman–Crippen LogP) is 1.30. The SMILES string of the molecule is CN=C(NCCc1ncc(C)s1)NCc1ccc(N2CCNC(=O)C2)cc1. The summed E-state index contributed by atoms with van der Waals surface area (Å²) in [7, 11) is 1.77. The lowest BCUT2D eigenvalue weighted by Crippen LogP contribution is -2.47. The fraction of sp³-hybridized carbons (Fsp3) is 0.421. The van der Waals surface area contributed by atoms with E-state index in [1.54, 1.807) is 18.4 Å². The van der Waals surface area contributed by atoms with Crippen LogP contribution in [0.1, 0.15) is 15.4 Å². The number of nitrogens with zero attached hydrogens (tertiary/aromatic N) is 3. The molecule has 0 radical (unpaired) electrons. The molecule has 144 valence electrons. The Morgan fingerprint density at radius 3 is 2.81 bits per heavy atom. The summed E-state index contributed by atoms with van der Waals surface area (Å²) in [6, 6.07) is 8.30. The van der Waals surface area contributed by atoms with Gasteiger partial charge in [-0.05, 0) is 24.6 Å². The maximum Gasteiger partial charge on any atom is 0.239 e. The van der Waals surface area contributed by atoms with Gasteiger partial charge in [-0.3, -0.25) is 9.79 Å². The first-order chi connectivity index (χ1) is 13.1. The van der Waals surface area contributed by atoms with Crippen molar-refractivity contribution in [2.75, 3.05) is 38.1 Å². The van der Waals surface area contributed by atoms with Gasteiger partial charge in [0.1, 0.15) is 0 Å². The minimum absolute atomic E-state index is 0.0785. The first-order valence-corrected chi connectivity index (χ1v) is 9.92. The molecular weight excluding hydrogens is 360 g/mol. The number of anilines is 1. The number of hydrogen-bond acceptors (Lipinski definition) is 5. The molecule has 1 saturated heterocycles. The molecule has 8 heteroatoms. The van der Waals surface area contributed by atoms with E-state index in [0.29, 0.717) is 19.6 Å². The molecule has 0 saturated carbocycles. The van der Waals surface area contributed by atoms with E-state index in [1.807, 2.05) is 6.20 Å². The van der Waals surface area contributed by atoms with Gasteiger partial charge in [-0.25, -0.2) is 4.98 Å². The van der Waals surface area contributed by atoms with Gasteiger partial charge in [0, 0.05) is 56.4 Å². The van der Waals surface area contributed by atoms with E-state index in [-0.39, 0.29) is 5.91 Å². The first-order valence-electron chi connectivity index (χ1n) is 9.10. The summed E-state index contributed by atoms with van der Waals surface area (Å²) >= 11 is 1.73. The summed E-state index contributed by atoms with van der Waals surface area (Å²) in [5.74, 6) is 0.856. The number of rotatable bonds is 6. The molecule has 7 nitrogen and oxygen atoms in total. The van der Waals surface area contributed by atoms with Crippen LogP contribution in [0, 0.1) is 6.92 Å². The van der Waals surface area contributed by atoms with Crippen LogP contribution in [0.3, 0.4) is 0 Å².